The number of esters is 1. The number of fused-ring (bicyclic) bond motifs is 1. The maximum absolute atomic E-state index is 12.6. The molecule has 1 saturated carbocycles. The number of aryl methyl sites for hydroxylation is 1. The van der Waals surface area contributed by atoms with Gasteiger partial charge in [0, 0.05) is 17.0 Å². The molecule has 164 valence electrons. The fourth-order valence-electron chi connectivity index (χ4n) is 4.67. The third kappa shape index (κ3) is 4.06. The number of imide groups is 1. The number of ether oxygens (including phenoxy) is 1. The van der Waals surface area contributed by atoms with Gasteiger partial charge in [0.15, 0.2) is 6.61 Å². The topological polar surface area (TPSA) is 98.8 Å². The van der Waals surface area contributed by atoms with Crippen molar-refractivity contribution >= 4 is 23.6 Å². The van der Waals surface area contributed by atoms with Crippen molar-refractivity contribution in [2.45, 2.75) is 46.1 Å². The number of hydrogen-bond donors (Lipinski definition) is 0. The van der Waals surface area contributed by atoms with Gasteiger partial charge in [-0.25, -0.2) is 0 Å². The highest BCUT2D eigenvalue weighted by Gasteiger charge is 2.48. The van der Waals surface area contributed by atoms with Gasteiger partial charge < -0.3 is 13.7 Å². The summed E-state index contributed by atoms with van der Waals surface area (Å²) in [6, 6.07) is 5.42. The van der Waals surface area contributed by atoms with E-state index in [1.54, 1.807) is 18.4 Å². The number of Topliss-reactive ketones (excluding diaryl/α,β-unsaturated/α-hetero) is 1. The van der Waals surface area contributed by atoms with Crippen LogP contribution in [0.3, 0.4) is 0 Å². The number of carbonyl (C=O) groups excluding carboxylic acids is 4. The maximum Gasteiger partial charge on any atom is 0.326 e. The Morgan fingerprint density at radius 3 is 2.42 bits per heavy atom. The van der Waals surface area contributed by atoms with Gasteiger partial charge >= 0.3 is 5.97 Å². The Morgan fingerprint density at radius 1 is 1.13 bits per heavy atom. The smallest absolute Gasteiger partial charge is 0.326 e. The van der Waals surface area contributed by atoms with Crippen molar-refractivity contribution in [3.05, 3.63) is 47.2 Å². The molecule has 1 saturated heterocycles. The SMILES string of the molecule is Cc1cc(C(=O)COC(=O)CN2C(=O)C3CCCCC3C2=O)c(C)n1Cc1ccco1. The van der Waals surface area contributed by atoms with Crippen molar-refractivity contribution in [2.75, 3.05) is 13.2 Å². The van der Waals surface area contributed by atoms with Crippen molar-refractivity contribution in [3.8, 4) is 0 Å². The van der Waals surface area contributed by atoms with Gasteiger partial charge in [0.2, 0.25) is 17.6 Å². The van der Waals surface area contributed by atoms with E-state index in [0.29, 0.717) is 24.9 Å². The Balaban J connectivity index is 1.35. The van der Waals surface area contributed by atoms with Crippen LogP contribution >= 0.6 is 0 Å². The Labute approximate surface area is 180 Å². The van der Waals surface area contributed by atoms with E-state index < -0.39 is 19.1 Å². The Hall–Kier alpha value is -3.16. The molecule has 0 N–H and O–H groups in total. The van der Waals surface area contributed by atoms with Crippen LogP contribution in [0.1, 0.15) is 53.2 Å². The second kappa shape index (κ2) is 8.53. The van der Waals surface area contributed by atoms with Crippen LogP contribution in [-0.2, 0) is 25.7 Å². The highest BCUT2D eigenvalue weighted by Crippen LogP contribution is 2.37. The summed E-state index contributed by atoms with van der Waals surface area (Å²) in [5, 5.41) is 0. The van der Waals surface area contributed by atoms with E-state index in [2.05, 4.69) is 0 Å². The van der Waals surface area contributed by atoms with E-state index in [1.807, 2.05) is 24.5 Å². The van der Waals surface area contributed by atoms with Crippen LogP contribution in [0.25, 0.3) is 0 Å². The molecule has 2 amide bonds. The lowest BCUT2D eigenvalue weighted by Crippen LogP contribution is -2.37. The molecule has 2 atom stereocenters. The summed E-state index contributed by atoms with van der Waals surface area (Å²) in [7, 11) is 0. The third-order valence-electron chi connectivity index (χ3n) is 6.35. The van der Waals surface area contributed by atoms with Crippen molar-refractivity contribution < 1.29 is 28.3 Å². The minimum Gasteiger partial charge on any atom is -0.467 e. The first kappa shape index (κ1) is 21.1. The number of furan rings is 1. The fraction of sp³-hybridized carbons (Fsp3) is 0.478. The van der Waals surface area contributed by atoms with Gasteiger partial charge in [0.1, 0.15) is 12.3 Å². The van der Waals surface area contributed by atoms with Gasteiger partial charge in [-0.1, -0.05) is 12.8 Å². The summed E-state index contributed by atoms with van der Waals surface area (Å²) in [5.74, 6) is -1.52. The van der Waals surface area contributed by atoms with Gasteiger partial charge in [-0.2, -0.15) is 0 Å². The zero-order valence-corrected chi connectivity index (χ0v) is 17.8. The van der Waals surface area contributed by atoms with Crippen LogP contribution in [0.4, 0.5) is 0 Å². The molecule has 0 spiro atoms. The standard InChI is InChI=1S/C23H26N2O6/c1-14-10-19(15(2)24(14)11-16-6-5-9-30-16)20(26)13-31-21(27)12-25-22(28)17-7-3-4-8-18(17)23(25)29/h5-6,9-10,17-18H,3-4,7-8,11-13H2,1-2H3. The van der Waals surface area contributed by atoms with Crippen LogP contribution in [0.15, 0.2) is 28.9 Å². The molecule has 0 aromatic carbocycles. The number of carbonyl (C=O) groups is 4. The average molecular weight is 426 g/mol. The minimum absolute atomic E-state index is 0.292. The Bertz CT molecular complexity index is 995. The molecule has 2 aromatic heterocycles. The molecule has 3 heterocycles. The summed E-state index contributed by atoms with van der Waals surface area (Å²) in [4.78, 5) is 50.9. The largest absolute Gasteiger partial charge is 0.467 e. The van der Waals surface area contributed by atoms with Crippen LogP contribution in [0, 0.1) is 25.7 Å². The van der Waals surface area contributed by atoms with Crippen LogP contribution in [0.5, 0.6) is 0 Å². The molecule has 1 aliphatic carbocycles. The molecule has 8 nitrogen and oxygen atoms in total. The molecule has 1 aliphatic heterocycles. The van der Waals surface area contributed by atoms with Gasteiger partial charge in [0.05, 0.1) is 24.6 Å². The van der Waals surface area contributed by atoms with Crippen molar-refractivity contribution in [1.29, 1.82) is 0 Å². The first-order valence-electron chi connectivity index (χ1n) is 10.6. The minimum atomic E-state index is -0.752. The zero-order chi connectivity index (χ0) is 22.1. The molecule has 4 rings (SSSR count). The zero-order valence-electron chi connectivity index (χ0n) is 17.8. The number of amides is 2. The van der Waals surface area contributed by atoms with E-state index in [-0.39, 0.29) is 29.4 Å². The van der Waals surface area contributed by atoms with Crippen LogP contribution < -0.4 is 0 Å². The van der Waals surface area contributed by atoms with Crippen LogP contribution in [0.2, 0.25) is 0 Å². The van der Waals surface area contributed by atoms with Gasteiger partial charge in [-0.15, -0.1) is 0 Å². The lowest BCUT2D eigenvalue weighted by molar-refractivity contribution is -0.152. The van der Waals surface area contributed by atoms with E-state index in [4.69, 9.17) is 9.15 Å². The van der Waals surface area contributed by atoms with Crippen molar-refractivity contribution in [1.82, 2.24) is 9.47 Å². The number of hydrogen-bond acceptors (Lipinski definition) is 6. The third-order valence-corrected chi connectivity index (χ3v) is 6.35. The molecule has 2 aromatic rings. The number of rotatable bonds is 7. The van der Waals surface area contributed by atoms with Crippen molar-refractivity contribution in [3.63, 3.8) is 0 Å². The predicted molar refractivity (Wildman–Crippen MR) is 109 cm³/mol. The number of aromatic nitrogens is 1. The molecular weight excluding hydrogens is 400 g/mol. The monoisotopic (exact) mass is 426 g/mol. The van der Waals surface area contributed by atoms with Crippen LogP contribution in [-0.4, -0.2) is 46.2 Å². The fourth-order valence-corrected chi connectivity index (χ4v) is 4.67. The molecule has 8 heteroatoms. The van der Waals surface area contributed by atoms with E-state index >= 15 is 0 Å². The average Bonchev–Trinajstić information content (AvgIpc) is 3.44. The normalized spacial score (nSPS) is 20.8. The van der Waals surface area contributed by atoms with Gasteiger partial charge in [-0.05, 0) is 44.9 Å². The second-order valence-corrected chi connectivity index (χ2v) is 8.29. The maximum atomic E-state index is 12.6. The number of likely N-dealkylation sites (tertiary alicyclic amines) is 1. The van der Waals surface area contributed by atoms with E-state index in [9.17, 15) is 19.2 Å². The summed E-state index contributed by atoms with van der Waals surface area (Å²) >= 11 is 0. The first-order chi connectivity index (χ1) is 14.9. The van der Waals surface area contributed by atoms with Gasteiger partial charge in [-0.3, -0.25) is 24.1 Å². The first-order valence-corrected chi connectivity index (χ1v) is 10.6. The van der Waals surface area contributed by atoms with E-state index in [0.717, 1.165) is 34.9 Å². The lowest BCUT2D eigenvalue weighted by Gasteiger charge is -2.19. The van der Waals surface area contributed by atoms with Gasteiger partial charge in [0.25, 0.3) is 0 Å². The summed E-state index contributed by atoms with van der Waals surface area (Å²) in [6.07, 6.45) is 4.82. The lowest BCUT2D eigenvalue weighted by atomic mass is 9.81. The summed E-state index contributed by atoms with van der Waals surface area (Å²) in [6.45, 7) is 3.35. The highest BCUT2D eigenvalue weighted by atomic mass is 16.5. The van der Waals surface area contributed by atoms with Crippen molar-refractivity contribution in [2.24, 2.45) is 11.8 Å². The second-order valence-electron chi connectivity index (χ2n) is 8.29. The molecular formula is C23H26N2O6. The predicted octanol–water partition coefficient (Wildman–Crippen LogP) is 2.65. The quantitative estimate of drug-likeness (QED) is 0.383. The number of ketones is 1. The highest BCUT2D eigenvalue weighted by molar-refractivity contribution is 6.07. The number of nitrogens with zero attached hydrogens (tertiary/aromatic N) is 2. The molecule has 2 fully saturated rings. The molecule has 2 aliphatic rings. The Kier molecular flexibility index (Phi) is 5.80. The summed E-state index contributed by atoms with van der Waals surface area (Å²) < 4.78 is 12.5. The molecule has 31 heavy (non-hydrogen) atoms. The summed E-state index contributed by atoms with van der Waals surface area (Å²) in [5.41, 5.74) is 2.11. The van der Waals surface area contributed by atoms with E-state index in [1.165, 1.54) is 0 Å². The molecule has 0 bridgehead atoms. The molecule has 0 radical (unpaired) electrons. The Morgan fingerprint density at radius 2 is 1.81 bits per heavy atom. The molecule has 2 unspecified atom stereocenters.